The number of fused-ring (bicyclic) bond motifs is 2. The minimum Gasteiger partial charge on any atom is -0.328 e. The van der Waals surface area contributed by atoms with Gasteiger partial charge in [-0.15, -0.1) is 0 Å². The molecule has 0 unspecified atom stereocenters. The van der Waals surface area contributed by atoms with Crippen molar-refractivity contribution in [3.05, 3.63) is 86.6 Å². The number of hydrogen-bond donors (Lipinski definition) is 0. The van der Waals surface area contributed by atoms with Crippen LogP contribution in [-0.2, 0) is 7.05 Å². The first-order chi connectivity index (χ1) is 12.5. The van der Waals surface area contributed by atoms with Crippen LogP contribution >= 0.6 is 0 Å². The van der Waals surface area contributed by atoms with Crippen LogP contribution in [0, 0.1) is 6.92 Å². The van der Waals surface area contributed by atoms with Crippen LogP contribution in [0.15, 0.2) is 64.2 Å². The van der Waals surface area contributed by atoms with Crippen LogP contribution in [0.25, 0.3) is 21.9 Å². The molecular formula is C21H19N3O2. The highest BCUT2D eigenvalue weighted by Crippen LogP contribution is 2.19. The minimum absolute atomic E-state index is 0.139. The second-order valence-corrected chi connectivity index (χ2v) is 6.52. The van der Waals surface area contributed by atoms with Crippen LogP contribution in [-0.4, -0.2) is 14.1 Å². The number of rotatable bonds is 2. The largest absolute Gasteiger partial charge is 0.328 e. The third-order valence-electron chi connectivity index (χ3n) is 5.00. The Balaban J connectivity index is 2.12. The first kappa shape index (κ1) is 16.3. The summed E-state index contributed by atoms with van der Waals surface area (Å²) in [5.74, 6) is 0.587. The molecule has 4 aromatic rings. The highest BCUT2D eigenvalue weighted by atomic mass is 16.1. The van der Waals surface area contributed by atoms with E-state index in [2.05, 4.69) is 4.98 Å². The predicted octanol–water partition coefficient (Wildman–Crippen LogP) is 3.17. The molecule has 0 radical (unpaired) electrons. The first-order valence-corrected chi connectivity index (χ1v) is 8.56. The lowest BCUT2D eigenvalue weighted by Gasteiger charge is -2.19. The Labute approximate surface area is 150 Å². The Morgan fingerprint density at radius 2 is 1.62 bits per heavy atom. The van der Waals surface area contributed by atoms with Crippen molar-refractivity contribution in [2.24, 2.45) is 7.05 Å². The lowest BCUT2D eigenvalue weighted by Crippen LogP contribution is -2.31. The number of benzene rings is 2. The van der Waals surface area contributed by atoms with Gasteiger partial charge >= 0.3 is 0 Å². The van der Waals surface area contributed by atoms with Gasteiger partial charge in [-0.1, -0.05) is 42.5 Å². The van der Waals surface area contributed by atoms with Crippen molar-refractivity contribution in [1.82, 2.24) is 14.1 Å². The summed E-state index contributed by atoms with van der Waals surface area (Å²) in [4.78, 5) is 30.9. The molecule has 4 rings (SSSR count). The molecule has 0 bridgehead atoms. The zero-order valence-electron chi connectivity index (χ0n) is 14.9. The number of hydrogen-bond acceptors (Lipinski definition) is 3. The van der Waals surface area contributed by atoms with Gasteiger partial charge < -0.3 is 4.57 Å². The Morgan fingerprint density at radius 3 is 2.35 bits per heavy atom. The van der Waals surface area contributed by atoms with Crippen LogP contribution in [0.5, 0.6) is 0 Å². The summed E-state index contributed by atoms with van der Waals surface area (Å²) in [5, 5.41) is 0.670. The van der Waals surface area contributed by atoms with E-state index in [9.17, 15) is 9.59 Å². The van der Waals surface area contributed by atoms with Crippen LogP contribution in [0.4, 0.5) is 0 Å². The van der Waals surface area contributed by atoms with Gasteiger partial charge in [-0.3, -0.25) is 14.2 Å². The molecule has 0 aliphatic carbocycles. The van der Waals surface area contributed by atoms with Gasteiger partial charge in [0, 0.05) is 12.4 Å². The molecule has 5 heteroatoms. The maximum absolute atomic E-state index is 13.3. The second-order valence-electron chi connectivity index (χ2n) is 6.52. The number of aryl methyl sites for hydroxylation is 2. The van der Waals surface area contributed by atoms with Crippen molar-refractivity contribution >= 4 is 21.9 Å². The molecule has 5 nitrogen and oxygen atoms in total. The smallest absolute Gasteiger partial charge is 0.267 e. The SMILES string of the molecule is Cc1nc2c(c(=O)c3ccccc3n2C)c(=O)n1[C@H](C)c1ccccc1. The Kier molecular flexibility index (Phi) is 3.72. The maximum atomic E-state index is 13.3. The fourth-order valence-electron chi connectivity index (χ4n) is 3.61. The third-order valence-corrected chi connectivity index (χ3v) is 5.00. The summed E-state index contributed by atoms with van der Waals surface area (Å²) in [5.41, 5.74) is 1.63. The molecule has 0 saturated carbocycles. The monoisotopic (exact) mass is 345 g/mol. The minimum atomic E-state index is -0.296. The van der Waals surface area contributed by atoms with Crippen molar-refractivity contribution in [1.29, 1.82) is 0 Å². The summed E-state index contributed by atoms with van der Waals surface area (Å²) in [6.07, 6.45) is 0. The summed E-state index contributed by atoms with van der Waals surface area (Å²) in [6.45, 7) is 3.75. The van der Waals surface area contributed by atoms with E-state index in [1.165, 1.54) is 0 Å². The fraction of sp³-hybridized carbons (Fsp3) is 0.190. The molecule has 26 heavy (non-hydrogen) atoms. The molecule has 1 atom stereocenters. The number of para-hydroxylation sites is 1. The van der Waals surface area contributed by atoms with E-state index in [0.29, 0.717) is 16.9 Å². The van der Waals surface area contributed by atoms with Crippen LogP contribution < -0.4 is 11.0 Å². The van der Waals surface area contributed by atoms with Gasteiger partial charge in [0.15, 0.2) is 5.65 Å². The molecule has 0 aliphatic heterocycles. The quantitative estimate of drug-likeness (QED) is 0.524. The number of aromatic nitrogens is 3. The summed E-state index contributed by atoms with van der Waals surface area (Å²) in [7, 11) is 1.83. The lowest BCUT2D eigenvalue weighted by atomic mass is 10.1. The van der Waals surface area contributed by atoms with Gasteiger partial charge in [-0.05, 0) is 31.5 Å². The second kappa shape index (κ2) is 5.95. The topological polar surface area (TPSA) is 56.9 Å². The molecule has 130 valence electrons. The van der Waals surface area contributed by atoms with Crippen LogP contribution in [0.3, 0.4) is 0 Å². The Bertz CT molecular complexity index is 1250. The molecule has 0 N–H and O–H groups in total. The predicted molar refractivity (Wildman–Crippen MR) is 104 cm³/mol. The van der Waals surface area contributed by atoms with Gasteiger partial charge in [0.05, 0.1) is 11.6 Å². The first-order valence-electron chi connectivity index (χ1n) is 8.56. The molecular weight excluding hydrogens is 326 g/mol. The van der Waals surface area contributed by atoms with Gasteiger partial charge in [0.2, 0.25) is 5.43 Å². The van der Waals surface area contributed by atoms with E-state index in [0.717, 1.165) is 11.1 Å². The average molecular weight is 345 g/mol. The number of nitrogens with zero attached hydrogens (tertiary/aromatic N) is 3. The molecule has 0 saturated heterocycles. The van der Waals surface area contributed by atoms with E-state index < -0.39 is 0 Å². The van der Waals surface area contributed by atoms with Gasteiger partial charge in [-0.2, -0.15) is 0 Å². The summed E-state index contributed by atoms with van der Waals surface area (Å²) < 4.78 is 3.42. The third kappa shape index (κ3) is 2.28. The Morgan fingerprint density at radius 1 is 0.962 bits per heavy atom. The molecule has 2 aromatic carbocycles. The van der Waals surface area contributed by atoms with Crippen molar-refractivity contribution in [3.63, 3.8) is 0 Å². The van der Waals surface area contributed by atoms with Crippen LogP contribution in [0.1, 0.15) is 24.4 Å². The van der Waals surface area contributed by atoms with E-state index >= 15 is 0 Å². The van der Waals surface area contributed by atoms with E-state index in [-0.39, 0.29) is 22.4 Å². The summed E-state index contributed by atoms with van der Waals surface area (Å²) >= 11 is 0. The molecule has 0 spiro atoms. The number of pyridine rings is 1. The maximum Gasteiger partial charge on any atom is 0.267 e. The lowest BCUT2D eigenvalue weighted by molar-refractivity contribution is 0.586. The van der Waals surface area contributed by atoms with E-state index in [4.69, 9.17) is 0 Å². The average Bonchev–Trinajstić information content (AvgIpc) is 2.66. The highest BCUT2D eigenvalue weighted by molar-refractivity contribution is 5.91. The fourth-order valence-corrected chi connectivity index (χ4v) is 3.61. The zero-order valence-corrected chi connectivity index (χ0v) is 14.9. The van der Waals surface area contributed by atoms with Crippen molar-refractivity contribution < 1.29 is 0 Å². The molecule has 0 fully saturated rings. The van der Waals surface area contributed by atoms with Crippen molar-refractivity contribution in [2.75, 3.05) is 0 Å². The van der Waals surface area contributed by atoms with Gasteiger partial charge in [-0.25, -0.2) is 4.98 Å². The van der Waals surface area contributed by atoms with E-state index in [1.54, 1.807) is 17.6 Å². The zero-order chi connectivity index (χ0) is 18.4. The van der Waals surface area contributed by atoms with Crippen molar-refractivity contribution in [3.8, 4) is 0 Å². The normalized spacial score (nSPS) is 12.6. The molecule has 2 heterocycles. The molecule has 0 amide bonds. The molecule has 0 aliphatic rings. The van der Waals surface area contributed by atoms with Crippen molar-refractivity contribution in [2.45, 2.75) is 19.9 Å². The summed E-state index contributed by atoms with van der Waals surface area (Å²) in [6, 6.07) is 16.8. The van der Waals surface area contributed by atoms with Crippen LogP contribution in [0.2, 0.25) is 0 Å². The molecule has 2 aromatic heterocycles. The van der Waals surface area contributed by atoms with Gasteiger partial charge in [0.1, 0.15) is 11.2 Å². The van der Waals surface area contributed by atoms with E-state index in [1.807, 2.05) is 67.1 Å². The van der Waals surface area contributed by atoms with Gasteiger partial charge in [0.25, 0.3) is 5.56 Å². The highest BCUT2D eigenvalue weighted by Gasteiger charge is 2.19. The Hall–Kier alpha value is -3.21. The standard InChI is InChI=1S/C21H19N3O2/c1-13(15-9-5-4-6-10-15)24-14(2)22-20-18(21(24)26)19(25)16-11-7-8-12-17(16)23(20)3/h4-13H,1-3H3/t13-/m1/s1.